The summed E-state index contributed by atoms with van der Waals surface area (Å²) in [7, 11) is 3.99. The maximum absolute atomic E-state index is 12.4. The van der Waals surface area contributed by atoms with Gasteiger partial charge in [0, 0.05) is 38.8 Å². The van der Waals surface area contributed by atoms with Crippen LogP contribution in [0.4, 0.5) is 0 Å². The Labute approximate surface area is 108 Å². The first-order chi connectivity index (χ1) is 8.58. The molecule has 18 heavy (non-hydrogen) atoms. The van der Waals surface area contributed by atoms with Crippen molar-refractivity contribution in [2.45, 2.75) is 24.6 Å². The van der Waals surface area contributed by atoms with Gasteiger partial charge < -0.3 is 25.5 Å². The average Bonchev–Trinajstić information content (AvgIpc) is 2.69. The molecule has 3 atom stereocenters. The summed E-state index contributed by atoms with van der Waals surface area (Å²) in [6, 6.07) is -0.0139. The second-order valence-corrected chi connectivity index (χ2v) is 5.51. The van der Waals surface area contributed by atoms with Crippen molar-refractivity contribution in [3.05, 3.63) is 0 Å². The third kappa shape index (κ3) is 3.20. The van der Waals surface area contributed by atoms with Crippen molar-refractivity contribution < 1.29 is 9.90 Å². The Morgan fingerprint density at radius 1 is 1.44 bits per heavy atom. The van der Waals surface area contributed by atoms with E-state index in [9.17, 15) is 9.90 Å². The van der Waals surface area contributed by atoms with Crippen LogP contribution in [0.3, 0.4) is 0 Å². The number of rotatable bonds is 3. The zero-order valence-corrected chi connectivity index (χ0v) is 11.2. The zero-order chi connectivity index (χ0) is 13.1. The summed E-state index contributed by atoms with van der Waals surface area (Å²) in [5.74, 6) is 0.116. The fourth-order valence-corrected chi connectivity index (χ4v) is 2.78. The number of nitrogens with one attached hydrogen (secondary N) is 2. The lowest BCUT2D eigenvalue weighted by molar-refractivity contribution is -0.135. The van der Waals surface area contributed by atoms with E-state index < -0.39 is 0 Å². The zero-order valence-electron chi connectivity index (χ0n) is 11.2. The first-order valence-corrected chi connectivity index (χ1v) is 6.65. The molecule has 104 valence electrons. The van der Waals surface area contributed by atoms with Gasteiger partial charge in [-0.25, -0.2) is 0 Å². The second-order valence-electron chi connectivity index (χ2n) is 5.51. The third-order valence-corrected chi connectivity index (χ3v) is 3.59. The van der Waals surface area contributed by atoms with E-state index in [1.807, 2.05) is 19.0 Å². The molecule has 0 aromatic rings. The Morgan fingerprint density at radius 3 is 2.83 bits per heavy atom. The number of hydrogen-bond acceptors (Lipinski definition) is 5. The van der Waals surface area contributed by atoms with Gasteiger partial charge in [0.15, 0.2) is 0 Å². The SMILES string of the molecule is CN(C)CC1CC(O)CN1C(=O)C1CNCCN1. The van der Waals surface area contributed by atoms with Crippen molar-refractivity contribution >= 4 is 5.91 Å². The molecule has 3 N–H and O–H groups in total. The van der Waals surface area contributed by atoms with Crippen molar-refractivity contribution in [1.29, 1.82) is 0 Å². The standard InChI is InChI=1S/C12H24N4O2/c1-15(2)7-9-5-10(17)8-16(9)12(18)11-6-13-3-4-14-11/h9-11,13-14,17H,3-8H2,1-2H3. The molecule has 6 nitrogen and oxygen atoms in total. The van der Waals surface area contributed by atoms with Crippen LogP contribution in [0.2, 0.25) is 0 Å². The lowest BCUT2D eigenvalue weighted by atomic mass is 10.1. The van der Waals surface area contributed by atoms with Gasteiger partial charge in [-0.2, -0.15) is 0 Å². The fourth-order valence-electron chi connectivity index (χ4n) is 2.78. The molecule has 0 aliphatic carbocycles. The highest BCUT2D eigenvalue weighted by Crippen LogP contribution is 2.19. The largest absolute Gasteiger partial charge is 0.391 e. The number of aliphatic hydroxyl groups is 1. The molecule has 6 heteroatoms. The van der Waals surface area contributed by atoms with Crippen molar-refractivity contribution in [3.8, 4) is 0 Å². The second kappa shape index (κ2) is 5.97. The van der Waals surface area contributed by atoms with Gasteiger partial charge in [-0.1, -0.05) is 0 Å². The Balaban J connectivity index is 1.97. The molecule has 2 aliphatic rings. The van der Waals surface area contributed by atoms with Gasteiger partial charge in [-0.05, 0) is 20.5 Å². The summed E-state index contributed by atoms with van der Waals surface area (Å²) in [5, 5.41) is 16.2. The van der Waals surface area contributed by atoms with Crippen LogP contribution in [0.5, 0.6) is 0 Å². The first kappa shape index (κ1) is 13.7. The third-order valence-electron chi connectivity index (χ3n) is 3.59. The summed E-state index contributed by atoms with van der Waals surface area (Å²) in [4.78, 5) is 16.3. The van der Waals surface area contributed by atoms with Crippen molar-refractivity contribution in [2.24, 2.45) is 0 Å². The molecular formula is C12H24N4O2. The van der Waals surface area contributed by atoms with E-state index >= 15 is 0 Å². The lowest BCUT2D eigenvalue weighted by Gasteiger charge is -2.32. The summed E-state index contributed by atoms with van der Waals surface area (Å²) >= 11 is 0. The minimum absolute atomic E-state index is 0.116. The van der Waals surface area contributed by atoms with Gasteiger partial charge in [-0.3, -0.25) is 4.79 Å². The van der Waals surface area contributed by atoms with Crippen molar-refractivity contribution in [3.63, 3.8) is 0 Å². The molecule has 2 heterocycles. The van der Waals surface area contributed by atoms with Crippen LogP contribution in [0.25, 0.3) is 0 Å². The molecule has 2 rings (SSSR count). The van der Waals surface area contributed by atoms with E-state index in [1.54, 1.807) is 0 Å². The molecule has 3 unspecified atom stereocenters. The van der Waals surface area contributed by atoms with Crippen LogP contribution in [-0.4, -0.2) is 85.8 Å². The first-order valence-electron chi connectivity index (χ1n) is 6.65. The number of likely N-dealkylation sites (tertiary alicyclic amines) is 1. The highest BCUT2D eigenvalue weighted by molar-refractivity contribution is 5.83. The monoisotopic (exact) mass is 256 g/mol. The molecule has 1 amide bonds. The molecule has 0 saturated carbocycles. The number of hydrogen-bond donors (Lipinski definition) is 3. The van der Waals surface area contributed by atoms with Crippen LogP contribution in [-0.2, 0) is 4.79 Å². The van der Waals surface area contributed by atoms with Gasteiger partial charge in [-0.15, -0.1) is 0 Å². The minimum atomic E-state index is -0.379. The molecule has 0 bridgehead atoms. The molecular weight excluding hydrogens is 232 g/mol. The summed E-state index contributed by atoms with van der Waals surface area (Å²) in [6.07, 6.45) is 0.305. The molecule has 0 radical (unpaired) electrons. The minimum Gasteiger partial charge on any atom is -0.391 e. The number of carbonyl (C=O) groups excluding carboxylic acids is 1. The highest BCUT2D eigenvalue weighted by atomic mass is 16.3. The van der Waals surface area contributed by atoms with Gasteiger partial charge >= 0.3 is 0 Å². The van der Waals surface area contributed by atoms with E-state index in [0.29, 0.717) is 19.5 Å². The van der Waals surface area contributed by atoms with E-state index in [2.05, 4.69) is 15.5 Å². The van der Waals surface area contributed by atoms with Crippen LogP contribution in [0, 0.1) is 0 Å². The van der Waals surface area contributed by atoms with E-state index in [1.165, 1.54) is 0 Å². The predicted octanol–water partition coefficient (Wildman–Crippen LogP) is -1.93. The number of nitrogens with zero attached hydrogens (tertiary/aromatic N) is 2. The topological polar surface area (TPSA) is 67.8 Å². The quantitative estimate of drug-likeness (QED) is 0.549. The maximum Gasteiger partial charge on any atom is 0.241 e. The van der Waals surface area contributed by atoms with Crippen LogP contribution in [0.15, 0.2) is 0 Å². The van der Waals surface area contributed by atoms with Crippen molar-refractivity contribution in [2.75, 3.05) is 46.8 Å². The molecule has 2 fully saturated rings. The van der Waals surface area contributed by atoms with Crippen LogP contribution >= 0.6 is 0 Å². The van der Waals surface area contributed by atoms with Crippen LogP contribution < -0.4 is 10.6 Å². The summed E-state index contributed by atoms with van der Waals surface area (Å²) in [6.45, 7) is 3.69. The van der Waals surface area contributed by atoms with Gasteiger partial charge in [0.25, 0.3) is 0 Å². The molecule has 0 aromatic carbocycles. The Kier molecular flexibility index (Phi) is 4.55. The average molecular weight is 256 g/mol. The van der Waals surface area contributed by atoms with Gasteiger partial charge in [0.1, 0.15) is 0 Å². The Hall–Kier alpha value is -0.690. The predicted molar refractivity (Wildman–Crippen MR) is 69.3 cm³/mol. The molecule has 2 saturated heterocycles. The summed E-state index contributed by atoms with van der Waals surface area (Å²) < 4.78 is 0. The molecule has 0 aromatic heterocycles. The van der Waals surface area contributed by atoms with E-state index in [4.69, 9.17) is 0 Å². The normalized spacial score (nSPS) is 33.1. The smallest absolute Gasteiger partial charge is 0.241 e. The number of aliphatic hydroxyl groups excluding tert-OH is 1. The van der Waals surface area contributed by atoms with E-state index in [-0.39, 0.29) is 24.1 Å². The Bertz CT molecular complexity index is 292. The highest BCUT2D eigenvalue weighted by Gasteiger charge is 2.37. The molecule has 2 aliphatic heterocycles. The fraction of sp³-hybridized carbons (Fsp3) is 0.917. The molecule has 0 spiro atoms. The van der Waals surface area contributed by atoms with Gasteiger partial charge in [0.05, 0.1) is 12.1 Å². The van der Waals surface area contributed by atoms with Crippen molar-refractivity contribution in [1.82, 2.24) is 20.4 Å². The lowest BCUT2D eigenvalue weighted by Crippen LogP contribution is -2.58. The number of likely N-dealkylation sites (N-methyl/N-ethyl adjacent to an activating group) is 1. The maximum atomic E-state index is 12.4. The Morgan fingerprint density at radius 2 is 2.22 bits per heavy atom. The van der Waals surface area contributed by atoms with Crippen LogP contribution in [0.1, 0.15) is 6.42 Å². The summed E-state index contributed by atoms with van der Waals surface area (Å²) in [5.41, 5.74) is 0. The number of β-amino-alcohol motifs (C(OH)–C–C–N with tert-alkyl or cyclic N) is 1. The number of carbonyl (C=O) groups is 1. The number of amides is 1. The number of piperazine rings is 1. The van der Waals surface area contributed by atoms with E-state index in [0.717, 1.165) is 19.6 Å². The van der Waals surface area contributed by atoms with Gasteiger partial charge in [0.2, 0.25) is 5.91 Å².